The number of amides is 4. The lowest BCUT2D eigenvalue weighted by molar-refractivity contribution is -0.130. The van der Waals surface area contributed by atoms with Gasteiger partial charge in [-0.3, -0.25) is 14.5 Å². The maximum atomic E-state index is 12.0. The van der Waals surface area contributed by atoms with Gasteiger partial charge >= 0.3 is 6.03 Å². The quantitative estimate of drug-likeness (QED) is 0.760. The number of nitrogens with one attached hydrogen (secondary N) is 2. The summed E-state index contributed by atoms with van der Waals surface area (Å²) >= 11 is 0. The first-order valence-corrected chi connectivity index (χ1v) is 8.25. The van der Waals surface area contributed by atoms with Gasteiger partial charge in [0, 0.05) is 19.0 Å². The van der Waals surface area contributed by atoms with E-state index in [4.69, 9.17) is 0 Å². The van der Waals surface area contributed by atoms with Crippen molar-refractivity contribution in [2.45, 2.75) is 70.9 Å². The van der Waals surface area contributed by atoms with Crippen molar-refractivity contribution in [2.24, 2.45) is 5.92 Å². The second-order valence-corrected chi connectivity index (χ2v) is 7.05. The van der Waals surface area contributed by atoms with Crippen molar-refractivity contribution in [2.75, 3.05) is 6.54 Å². The Morgan fingerprint density at radius 3 is 2.59 bits per heavy atom. The van der Waals surface area contributed by atoms with E-state index in [0.29, 0.717) is 25.3 Å². The fourth-order valence-electron chi connectivity index (χ4n) is 3.23. The maximum absolute atomic E-state index is 12.0. The smallest absolute Gasteiger partial charge is 0.325 e. The number of carbonyl (C=O) groups is 3. The Hall–Kier alpha value is -1.59. The molecule has 0 bridgehead atoms. The molecule has 2 atom stereocenters. The molecule has 0 aromatic rings. The molecular formula is C16H27N3O3. The highest BCUT2D eigenvalue weighted by Crippen LogP contribution is 2.23. The van der Waals surface area contributed by atoms with Crippen LogP contribution in [0.3, 0.4) is 0 Å². The second-order valence-electron chi connectivity index (χ2n) is 7.05. The van der Waals surface area contributed by atoms with Crippen LogP contribution in [0.4, 0.5) is 4.79 Å². The average Bonchev–Trinajstić information content (AvgIpc) is 2.63. The molecule has 4 amide bonds. The van der Waals surface area contributed by atoms with Crippen LogP contribution in [0, 0.1) is 5.92 Å². The van der Waals surface area contributed by atoms with Crippen LogP contribution in [-0.2, 0) is 9.59 Å². The first kappa shape index (κ1) is 16.8. The predicted octanol–water partition coefficient (Wildman–Crippen LogP) is 1.79. The highest BCUT2D eigenvalue weighted by atomic mass is 16.2. The summed E-state index contributed by atoms with van der Waals surface area (Å²) in [6, 6.07) is -0.0896. The van der Waals surface area contributed by atoms with Crippen LogP contribution in [0.15, 0.2) is 0 Å². The van der Waals surface area contributed by atoms with Gasteiger partial charge in [0.15, 0.2) is 0 Å². The third kappa shape index (κ3) is 3.78. The standard InChI is InChI=1S/C16H27N3O3/c1-11-7-4-5-8-12(11)17-13(20)9-6-10-19-14(21)16(2,3)18-15(19)22/h11-12H,4-10H2,1-3H3,(H,17,20)(H,18,22)/t11-,12+/m1/s1. The van der Waals surface area contributed by atoms with E-state index in [1.165, 1.54) is 24.2 Å². The molecule has 1 saturated heterocycles. The van der Waals surface area contributed by atoms with Crippen LogP contribution in [0.2, 0.25) is 0 Å². The van der Waals surface area contributed by atoms with E-state index in [9.17, 15) is 14.4 Å². The average molecular weight is 309 g/mol. The normalized spacial score (nSPS) is 27.7. The summed E-state index contributed by atoms with van der Waals surface area (Å²) in [5, 5.41) is 5.73. The molecule has 1 heterocycles. The summed E-state index contributed by atoms with van der Waals surface area (Å²) in [5.41, 5.74) is -0.836. The topological polar surface area (TPSA) is 78.5 Å². The third-order valence-corrected chi connectivity index (χ3v) is 4.69. The van der Waals surface area contributed by atoms with Crippen LogP contribution in [0.25, 0.3) is 0 Å². The molecule has 1 aliphatic carbocycles. The Morgan fingerprint density at radius 1 is 1.32 bits per heavy atom. The van der Waals surface area contributed by atoms with E-state index in [-0.39, 0.29) is 23.9 Å². The Balaban J connectivity index is 1.73. The Bertz CT molecular complexity index is 462. The summed E-state index contributed by atoms with van der Waals surface area (Å²) in [6.45, 7) is 5.84. The lowest BCUT2D eigenvalue weighted by Crippen LogP contribution is -2.41. The minimum Gasteiger partial charge on any atom is -0.353 e. The molecule has 124 valence electrons. The highest BCUT2D eigenvalue weighted by molar-refractivity contribution is 6.06. The van der Waals surface area contributed by atoms with Gasteiger partial charge in [-0.2, -0.15) is 0 Å². The van der Waals surface area contributed by atoms with E-state index in [1.54, 1.807) is 13.8 Å². The minimum atomic E-state index is -0.836. The van der Waals surface area contributed by atoms with Crippen LogP contribution in [0.1, 0.15) is 59.3 Å². The minimum absolute atomic E-state index is 0.0186. The van der Waals surface area contributed by atoms with E-state index >= 15 is 0 Å². The van der Waals surface area contributed by atoms with E-state index in [2.05, 4.69) is 17.6 Å². The first-order valence-electron chi connectivity index (χ1n) is 8.25. The van der Waals surface area contributed by atoms with Gasteiger partial charge in [-0.25, -0.2) is 4.79 Å². The fourth-order valence-corrected chi connectivity index (χ4v) is 3.23. The highest BCUT2D eigenvalue weighted by Gasteiger charge is 2.43. The fraction of sp³-hybridized carbons (Fsp3) is 0.812. The van der Waals surface area contributed by atoms with Crippen molar-refractivity contribution in [3.63, 3.8) is 0 Å². The van der Waals surface area contributed by atoms with Crippen molar-refractivity contribution in [3.8, 4) is 0 Å². The maximum Gasteiger partial charge on any atom is 0.325 e. The number of urea groups is 1. The van der Waals surface area contributed by atoms with Crippen molar-refractivity contribution in [3.05, 3.63) is 0 Å². The molecule has 6 nitrogen and oxygen atoms in total. The Kier molecular flexibility index (Phi) is 5.08. The van der Waals surface area contributed by atoms with Gasteiger partial charge in [0.2, 0.25) is 5.91 Å². The largest absolute Gasteiger partial charge is 0.353 e. The van der Waals surface area contributed by atoms with Crippen LogP contribution in [0.5, 0.6) is 0 Å². The third-order valence-electron chi connectivity index (χ3n) is 4.69. The molecule has 22 heavy (non-hydrogen) atoms. The summed E-state index contributed by atoms with van der Waals surface area (Å²) in [6.07, 6.45) is 5.49. The number of imide groups is 1. The molecule has 0 aromatic carbocycles. The lowest BCUT2D eigenvalue weighted by Gasteiger charge is -2.29. The van der Waals surface area contributed by atoms with Gasteiger partial charge < -0.3 is 10.6 Å². The predicted molar refractivity (Wildman–Crippen MR) is 83.1 cm³/mol. The molecule has 2 rings (SSSR count). The second kappa shape index (κ2) is 6.67. The molecule has 1 aliphatic heterocycles. The lowest BCUT2D eigenvalue weighted by atomic mass is 9.86. The van der Waals surface area contributed by atoms with E-state index < -0.39 is 5.54 Å². The molecule has 6 heteroatoms. The monoisotopic (exact) mass is 309 g/mol. The van der Waals surface area contributed by atoms with E-state index in [0.717, 1.165) is 6.42 Å². The van der Waals surface area contributed by atoms with Gasteiger partial charge in [-0.1, -0.05) is 19.8 Å². The van der Waals surface area contributed by atoms with E-state index in [1.807, 2.05) is 0 Å². The Morgan fingerprint density at radius 2 is 2.00 bits per heavy atom. The van der Waals surface area contributed by atoms with Gasteiger partial charge in [0.1, 0.15) is 5.54 Å². The zero-order chi connectivity index (χ0) is 16.3. The van der Waals surface area contributed by atoms with Crippen LogP contribution < -0.4 is 10.6 Å². The molecule has 0 radical (unpaired) electrons. The number of nitrogens with zero attached hydrogens (tertiary/aromatic N) is 1. The van der Waals surface area contributed by atoms with Crippen molar-refractivity contribution in [1.82, 2.24) is 15.5 Å². The van der Waals surface area contributed by atoms with Gasteiger partial charge in [0.25, 0.3) is 5.91 Å². The van der Waals surface area contributed by atoms with Gasteiger partial charge in [0.05, 0.1) is 0 Å². The molecule has 1 saturated carbocycles. The molecule has 2 aliphatic rings. The summed E-state index contributed by atoms with van der Waals surface area (Å²) in [4.78, 5) is 37.0. The molecule has 2 fully saturated rings. The van der Waals surface area contributed by atoms with Crippen molar-refractivity contribution >= 4 is 17.8 Å². The summed E-state index contributed by atoms with van der Waals surface area (Å²) in [5.74, 6) is 0.327. The van der Waals surface area contributed by atoms with Gasteiger partial charge in [-0.15, -0.1) is 0 Å². The molecule has 0 aromatic heterocycles. The number of carbonyl (C=O) groups excluding carboxylic acids is 3. The van der Waals surface area contributed by atoms with Crippen LogP contribution >= 0.6 is 0 Å². The first-order chi connectivity index (χ1) is 10.3. The Labute approximate surface area is 132 Å². The molecule has 0 unspecified atom stereocenters. The SMILES string of the molecule is C[C@@H]1CCCC[C@@H]1NC(=O)CCCN1C(=O)NC(C)(C)C1=O. The van der Waals surface area contributed by atoms with Crippen LogP contribution in [-0.4, -0.2) is 40.9 Å². The molecular weight excluding hydrogens is 282 g/mol. The zero-order valence-electron chi connectivity index (χ0n) is 13.8. The van der Waals surface area contributed by atoms with Gasteiger partial charge in [-0.05, 0) is 39.0 Å². The number of hydrogen-bond donors (Lipinski definition) is 2. The zero-order valence-corrected chi connectivity index (χ0v) is 13.8. The molecule has 0 spiro atoms. The number of rotatable bonds is 5. The number of hydrogen-bond acceptors (Lipinski definition) is 3. The van der Waals surface area contributed by atoms with Crippen molar-refractivity contribution in [1.29, 1.82) is 0 Å². The summed E-state index contributed by atoms with van der Waals surface area (Å²) in [7, 11) is 0. The summed E-state index contributed by atoms with van der Waals surface area (Å²) < 4.78 is 0. The molecule has 2 N–H and O–H groups in total. The van der Waals surface area contributed by atoms with Crippen molar-refractivity contribution < 1.29 is 14.4 Å².